The van der Waals surface area contributed by atoms with Gasteiger partial charge in [-0.3, -0.25) is 0 Å². The van der Waals surface area contributed by atoms with E-state index in [2.05, 4.69) is 6.92 Å². The lowest BCUT2D eigenvalue weighted by atomic mass is 9.89. The predicted molar refractivity (Wildman–Crippen MR) is 107 cm³/mol. The molecule has 2 rings (SSSR count). The molecular formula is C22H31ClO4. The molecule has 1 aromatic rings. The molecule has 2 atom stereocenters. The SMILES string of the molecule is CCCCCCCOC(=O)c1cccc(C(=O)OCC2CCCCC2Cl)c1. The molecule has 0 saturated heterocycles. The number of esters is 2. The molecule has 0 heterocycles. The molecule has 2 unspecified atom stereocenters. The van der Waals surface area contributed by atoms with E-state index in [-0.39, 0.29) is 11.3 Å². The highest BCUT2D eigenvalue weighted by atomic mass is 35.5. The Balaban J connectivity index is 1.79. The summed E-state index contributed by atoms with van der Waals surface area (Å²) in [7, 11) is 0. The molecule has 0 N–H and O–H groups in total. The molecule has 0 amide bonds. The van der Waals surface area contributed by atoms with Gasteiger partial charge in [-0.25, -0.2) is 9.59 Å². The summed E-state index contributed by atoms with van der Waals surface area (Å²) in [6, 6.07) is 6.54. The van der Waals surface area contributed by atoms with E-state index in [1.165, 1.54) is 19.3 Å². The normalized spacial score (nSPS) is 19.5. The first kappa shape index (κ1) is 21.7. The summed E-state index contributed by atoms with van der Waals surface area (Å²) < 4.78 is 10.7. The quantitative estimate of drug-likeness (QED) is 0.287. The summed E-state index contributed by atoms with van der Waals surface area (Å²) in [4.78, 5) is 24.5. The Kier molecular flexibility index (Phi) is 9.68. The topological polar surface area (TPSA) is 52.6 Å². The highest BCUT2D eigenvalue weighted by Gasteiger charge is 2.24. The van der Waals surface area contributed by atoms with Crippen LogP contribution in [0.25, 0.3) is 0 Å². The van der Waals surface area contributed by atoms with Crippen LogP contribution in [0, 0.1) is 5.92 Å². The van der Waals surface area contributed by atoms with E-state index in [0.29, 0.717) is 24.3 Å². The zero-order valence-corrected chi connectivity index (χ0v) is 17.0. The molecule has 1 fully saturated rings. The van der Waals surface area contributed by atoms with E-state index in [9.17, 15) is 9.59 Å². The number of carbonyl (C=O) groups excluding carboxylic acids is 2. The van der Waals surface area contributed by atoms with Gasteiger partial charge in [0.05, 0.1) is 24.3 Å². The van der Waals surface area contributed by atoms with Crippen molar-refractivity contribution in [2.75, 3.05) is 13.2 Å². The number of benzene rings is 1. The third-order valence-electron chi connectivity index (χ3n) is 5.06. The van der Waals surface area contributed by atoms with E-state index >= 15 is 0 Å². The van der Waals surface area contributed by atoms with Gasteiger partial charge in [0.15, 0.2) is 0 Å². The van der Waals surface area contributed by atoms with Crippen molar-refractivity contribution in [1.82, 2.24) is 0 Å². The van der Waals surface area contributed by atoms with Crippen LogP contribution in [0.3, 0.4) is 0 Å². The fraction of sp³-hybridized carbons (Fsp3) is 0.636. The molecule has 150 valence electrons. The van der Waals surface area contributed by atoms with Crippen LogP contribution in [0.4, 0.5) is 0 Å². The molecule has 4 nitrogen and oxygen atoms in total. The molecule has 1 saturated carbocycles. The third kappa shape index (κ3) is 7.53. The van der Waals surface area contributed by atoms with Crippen molar-refractivity contribution < 1.29 is 19.1 Å². The first-order chi connectivity index (χ1) is 13.1. The summed E-state index contributed by atoms with van der Waals surface area (Å²) in [6.45, 7) is 2.91. The standard InChI is InChI=1S/C22H31ClO4/c1-2-3-4-5-8-14-26-21(24)17-11-9-12-18(15-17)22(25)27-16-19-10-6-7-13-20(19)23/h9,11-12,15,19-20H,2-8,10,13-14,16H2,1H3. The van der Waals surface area contributed by atoms with E-state index < -0.39 is 11.9 Å². The van der Waals surface area contributed by atoms with Gasteiger partial charge in [-0.1, -0.05) is 51.5 Å². The first-order valence-electron chi connectivity index (χ1n) is 10.2. The maximum absolute atomic E-state index is 12.3. The summed E-state index contributed by atoms with van der Waals surface area (Å²) in [5.41, 5.74) is 0.750. The van der Waals surface area contributed by atoms with Crippen molar-refractivity contribution >= 4 is 23.5 Å². The second-order valence-electron chi connectivity index (χ2n) is 7.29. The van der Waals surface area contributed by atoms with Gasteiger partial charge in [0.25, 0.3) is 0 Å². The molecule has 0 radical (unpaired) electrons. The van der Waals surface area contributed by atoms with Crippen LogP contribution in [-0.4, -0.2) is 30.5 Å². The lowest BCUT2D eigenvalue weighted by molar-refractivity contribution is 0.0414. The molecular weight excluding hydrogens is 364 g/mol. The Morgan fingerprint density at radius 2 is 1.67 bits per heavy atom. The van der Waals surface area contributed by atoms with Gasteiger partial charge in [-0.05, 0) is 37.5 Å². The number of carbonyl (C=O) groups is 2. The summed E-state index contributed by atoms with van der Waals surface area (Å²) in [5.74, 6) is -0.600. The summed E-state index contributed by atoms with van der Waals surface area (Å²) in [6.07, 6.45) is 9.74. The second kappa shape index (κ2) is 12.0. The van der Waals surface area contributed by atoms with Crippen molar-refractivity contribution in [1.29, 1.82) is 0 Å². The molecule has 1 aliphatic rings. The molecule has 0 bridgehead atoms. The zero-order valence-electron chi connectivity index (χ0n) is 16.3. The van der Waals surface area contributed by atoms with Gasteiger partial charge in [0.1, 0.15) is 0 Å². The average Bonchev–Trinajstić information content (AvgIpc) is 2.69. The Hall–Kier alpha value is -1.55. The molecule has 0 aliphatic heterocycles. The first-order valence-corrected chi connectivity index (χ1v) is 10.6. The van der Waals surface area contributed by atoms with Crippen LogP contribution < -0.4 is 0 Å². The Morgan fingerprint density at radius 3 is 2.37 bits per heavy atom. The number of ether oxygens (including phenoxy) is 2. The fourth-order valence-corrected chi connectivity index (χ4v) is 3.70. The largest absolute Gasteiger partial charge is 0.462 e. The van der Waals surface area contributed by atoms with Crippen LogP contribution in [0.2, 0.25) is 0 Å². The molecule has 0 aromatic heterocycles. The van der Waals surface area contributed by atoms with Crippen LogP contribution in [0.5, 0.6) is 0 Å². The van der Waals surface area contributed by atoms with Crippen LogP contribution in [-0.2, 0) is 9.47 Å². The maximum Gasteiger partial charge on any atom is 0.338 e. The van der Waals surface area contributed by atoms with Gasteiger partial charge in [0.2, 0.25) is 0 Å². The van der Waals surface area contributed by atoms with Gasteiger partial charge >= 0.3 is 11.9 Å². The lowest BCUT2D eigenvalue weighted by Gasteiger charge is -2.26. The van der Waals surface area contributed by atoms with Crippen LogP contribution >= 0.6 is 11.6 Å². The maximum atomic E-state index is 12.3. The van der Waals surface area contributed by atoms with E-state index in [4.69, 9.17) is 21.1 Å². The van der Waals surface area contributed by atoms with Gasteiger partial charge < -0.3 is 9.47 Å². The van der Waals surface area contributed by atoms with Crippen molar-refractivity contribution in [3.63, 3.8) is 0 Å². The summed E-state index contributed by atoms with van der Waals surface area (Å²) in [5, 5.41) is 0.0742. The molecule has 27 heavy (non-hydrogen) atoms. The van der Waals surface area contributed by atoms with Gasteiger partial charge in [-0.15, -0.1) is 11.6 Å². The number of halogens is 1. The Morgan fingerprint density at radius 1 is 1.00 bits per heavy atom. The van der Waals surface area contributed by atoms with Crippen LogP contribution in [0.1, 0.15) is 85.4 Å². The average molecular weight is 395 g/mol. The monoisotopic (exact) mass is 394 g/mol. The zero-order chi connectivity index (χ0) is 19.5. The van der Waals surface area contributed by atoms with E-state index in [1.807, 2.05) is 0 Å². The molecule has 1 aromatic carbocycles. The number of hydrogen-bond acceptors (Lipinski definition) is 4. The minimum absolute atomic E-state index is 0.0742. The van der Waals surface area contributed by atoms with Gasteiger partial charge in [0, 0.05) is 11.3 Å². The van der Waals surface area contributed by atoms with E-state index in [0.717, 1.165) is 38.5 Å². The third-order valence-corrected chi connectivity index (χ3v) is 5.63. The number of rotatable bonds is 10. The van der Waals surface area contributed by atoms with Crippen molar-refractivity contribution in [3.8, 4) is 0 Å². The van der Waals surface area contributed by atoms with Crippen LogP contribution in [0.15, 0.2) is 24.3 Å². The number of hydrogen-bond donors (Lipinski definition) is 0. The number of unbranched alkanes of at least 4 members (excludes halogenated alkanes) is 4. The fourth-order valence-electron chi connectivity index (χ4n) is 3.34. The molecule has 1 aliphatic carbocycles. The smallest absolute Gasteiger partial charge is 0.338 e. The van der Waals surface area contributed by atoms with Crippen molar-refractivity contribution in [2.45, 2.75) is 70.1 Å². The summed E-state index contributed by atoms with van der Waals surface area (Å²) >= 11 is 6.31. The predicted octanol–water partition coefficient (Wildman–Crippen LogP) is 5.77. The van der Waals surface area contributed by atoms with Crippen molar-refractivity contribution in [3.05, 3.63) is 35.4 Å². The Bertz CT molecular complexity index is 602. The Labute approximate surface area is 167 Å². The van der Waals surface area contributed by atoms with Gasteiger partial charge in [-0.2, -0.15) is 0 Å². The number of alkyl halides is 1. The van der Waals surface area contributed by atoms with Crippen molar-refractivity contribution in [2.24, 2.45) is 5.92 Å². The van der Waals surface area contributed by atoms with E-state index in [1.54, 1.807) is 24.3 Å². The minimum atomic E-state index is -0.418. The minimum Gasteiger partial charge on any atom is -0.462 e. The highest BCUT2D eigenvalue weighted by molar-refractivity contribution is 6.20. The second-order valence-corrected chi connectivity index (χ2v) is 7.85. The molecule has 5 heteroatoms. The molecule has 0 spiro atoms. The highest BCUT2D eigenvalue weighted by Crippen LogP contribution is 2.29. The lowest BCUT2D eigenvalue weighted by Crippen LogP contribution is -2.25.